The summed E-state index contributed by atoms with van der Waals surface area (Å²) in [5, 5.41) is 30.4. The van der Waals surface area contributed by atoms with Crippen LogP contribution < -0.4 is 10.6 Å². The van der Waals surface area contributed by atoms with Gasteiger partial charge in [0.2, 0.25) is 5.84 Å². The van der Waals surface area contributed by atoms with E-state index in [1.54, 1.807) is 0 Å². The van der Waals surface area contributed by atoms with Gasteiger partial charge in [0.15, 0.2) is 5.84 Å². The zero-order valence-corrected chi connectivity index (χ0v) is 5.93. The van der Waals surface area contributed by atoms with Crippen LogP contribution in [-0.2, 0) is 4.99 Å². The molecule has 0 aromatic rings. The molecule has 8 nitrogen and oxygen atoms in total. The lowest BCUT2D eigenvalue weighted by atomic mass is 10.5. The molecule has 0 saturated heterocycles. The Kier molecular flexibility index (Phi) is 2.96. The minimum atomic E-state index is -0.289. The first kappa shape index (κ1) is 8.40. The first-order chi connectivity index (χ1) is 5.88. The summed E-state index contributed by atoms with van der Waals surface area (Å²) in [5.74, 6) is -0.0610. The molecule has 0 spiro atoms. The van der Waals surface area contributed by atoms with E-state index in [1.807, 2.05) is 0 Å². The molecule has 0 saturated carbocycles. The maximum Gasteiger partial charge on any atom is 0.211 e. The molecule has 0 bridgehead atoms. The number of nitrogens with one attached hydrogen (secondary N) is 1. The number of hydrogen-bond acceptors (Lipinski definition) is 7. The van der Waals surface area contributed by atoms with E-state index in [0.29, 0.717) is 13.1 Å². The predicted octanol–water partition coefficient (Wildman–Crippen LogP) is -1.46. The van der Waals surface area contributed by atoms with Gasteiger partial charge in [-0.1, -0.05) is 5.11 Å². The highest BCUT2D eigenvalue weighted by molar-refractivity contribution is 6.41. The third kappa shape index (κ3) is 1.89. The maximum atomic E-state index is 10.1. The standard InChI is InChI=1S/C4H7N5O3/c10-8-4(7-9-12-11)3-5-1-2-6-3/h10-11H,1-2H2,(H,5,6)/p-2/b8-4+,9-7?. The Bertz CT molecular complexity index is 235. The molecule has 0 atom stereocenters. The molecule has 0 aromatic carbocycles. The normalized spacial score (nSPS) is 17.8. The Hall–Kier alpha value is -1.70. The maximum absolute atomic E-state index is 10.1. The molecule has 1 heterocycles. The SMILES string of the molecule is [O-]/N=C(/N=NO[O-])C1=NCCN1. The molecule has 1 N–H and O–H groups in total. The molecule has 1 aliphatic heterocycles. The van der Waals surface area contributed by atoms with Crippen LogP contribution in [0, 0.1) is 5.21 Å². The summed E-state index contributed by atoms with van der Waals surface area (Å²) >= 11 is 0. The molecule has 8 heteroatoms. The van der Waals surface area contributed by atoms with Crippen LogP contribution in [0.1, 0.15) is 0 Å². The Morgan fingerprint density at radius 3 is 3.00 bits per heavy atom. The number of aliphatic imine (C=N–C) groups is 1. The molecular formula is C4H5N5O3-2. The Morgan fingerprint density at radius 1 is 1.67 bits per heavy atom. The molecule has 12 heavy (non-hydrogen) atoms. The fourth-order valence-corrected chi connectivity index (χ4v) is 0.712. The average molecular weight is 171 g/mol. The fourth-order valence-electron chi connectivity index (χ4n) is 0.712. The van der Waals surface area contributed by atoms with E-state index in [-0.39, 0.29) is 11.7 Å². The highest BCUT2D eigenvalue weighted by atomic mass is 17.2. The summed E-state index contributed by atoms with van der Waals surface area (Å²) in [4.78, 5) is 6.86. The molecule has 66 valence electrons. The quantitative estimate of drug-likeness (QED) is 0.179. The van der Waals surface area contributed by atoms with E-state index in [1.165, 1.54) is 0 Å². The Labute approximate surface area is 67.2 Å². The lowest BCUT2D eigenvalue weighted by Crippen LogP contribution is -2.25. The van der Waals surface area contributed by atoms with Crippen molar-refractivity contribution in [1.29, 1.82) is 0 Å². The van der Waals surface area contributed by atoms with Crippen molar-refractivity contribution in [1.82, 2.24) is 5.32 Å². The second-order valence-electron chi connectivity index (χ2n) is 1.83. The van der Waals surface area contributed by atoms with Crippen molar-refractivity contribution in [2.24, 2.45) is 20.5 Å². The number of nitrogens with zero attached hydrogens (tertiary/aromatic N) is 4. The van der Waals surface area contributed by atoms with Crippen LogP contribution in [0.2, 0.25) is 0 Å². The fraction of sp³-hybridized carbons (Fsp3) is 0.500. The van der Waals surface area contributed by atoms with E-state index in [2.05, 4.69) is 30.8 Å². The highest BCUT2D eigenvalue weighted by Crippen LogP contribution is 1.92. The van der Waals surface area contributed by atoms with Crippen molar-refractivity contribution in [2.45, 2.75) is 0 Å². The van der Waals surface area contributed by atoms with Gasteiger partial charge < -0.3 is 20.8 Å². The van der Waals surface area contributed by atoms with Gasteiger partial charge in [0, 0.05) is 11.8 Å². The van der Waals surface area contributed by atoms with Crippen LogP contribution in [0.3, 0.4) is 0 Å². The lowest BCUT2D eigenvalue weighted by molar-refractivity contribution is -0.694. The van der Waals surface area contributed by atoms with Crippen molar-refractivity contribution in [2.75, 3.05) is 13.1 Å². The Balaban J connectivity index is 2.62. The smallest absolute Gasteiger partial charge is 0.211 e. The second-order valence-corrected chi connectivity index (χ2v) is 1.83. The summed E-state index contributed by atoms with van der Waals surface area (Å²) < 4.78 is 0. The lowest BCUT2D eigenvalue weighted by Gasteiger charge is -2.02. The third-order valence-corrected chi connectivity index (χ3v) is 1.14. The first-order valence-corrected chi connectivity index (χ1v) is 3.07. The molecule has 0 amide bonds. The van der Waals surface area contributed by atoms with Gasteiger partial charge in [0.05, 0.1) is 6.54 Å². The summed E-state index contributed by atoms with van der Waals surface area (Å²) in [5.41, 5.74) is 0. The van der Waals surface area contributed by atoms with Crippen LogP contribution in [0.15, 0.2) is 20.5 Å². The van der Waals surface area contributed by atoms with Crippen molar-refractivity contribution in [3.05, 3.63) is 5.21 Å². The van der Waals surface area contributed by atoms with E-state index in [0.717, 1.165) is 0 Å². The number of rotatable bonds is 2. The highest BCUT2D eigenvalue weighted by Gasteiger charge is 2.10. The molecule has 0 unspecified atom stereocenters. The van der Waals surface area contributed by atoms with E-state index in [4.69, 9.17) is 0 Å². The van der Waals surface area contributed by atoms with Gasteiger partial charge in [-0.3, -0.25) is 10.1 Å². The molecular weight excluding hydrogens is 166 g/mol. The molecule has 0 aliphatic carbocycles. The van der Waals surface area contributed by atoms with Crippen molar-refractivity contribution in [3.8, 4) is 0 Å². The second kappa shape index (κ2) is 4.23. The molecule has 1 aliphatic rings. The zero-order valence-electron chi connectivity index (χ0n) is 5.93. The van der Waals surface area contributed by atoms with Gasteiger partial charge in [-0.15, -0.1) is 0 Å². The van der Waals surface area contributed by atoms with Gasteiger partial charge in [0.1, 0.15) is 0 Å². The van der Waals surface area contributed by atoms with Crippen LogP contribution >= 0.6 is 0 Å². The topological polar surface area (TPSA) is 117 Å². The molecule has 0 fully saturated rings. The Morgan fingerprint density at radius 2 is 2.50 bits per heavy atom. The van der Waals surface area contributed by atoms with Crippen molar-refractivity contribution in [3.63, 3.8) is 0 Å². The van der Waals surface area contributed by atoms with Crippen molar-refractivity contribution >= 4 is 11.7 Å². The summed E-state index contributed by atoms with van der Waals surface area (Å²) in [6, 6.07) is 0. The van der Waals surface area contributed by atoms with Crippen LogP contribution in [0.5, 0.6) is 0 Å². The van der Waals surface area contributed by atoms with Gasteiger partial charge in [-0.2, -0.15) is 0 Å². The number of hydrogen-bond donors (Lipinski definition) is 1. The summed E-state index contributed by atoms with van der Waals surface area (Å²) in [6.45, 7) is 1.16. The van der Waals surface area contributed by atoms with Gasteiger partial charge >= 0.3 is 0 Å². The minimum absolute atomic E-state index is 0.228. The molecule has 0 aromatic heterocycles. The third-order valence-electron chi connectivity index (χ3n) is 1.14. The monoisotopic (exact) mass is 171 g/mol. The minimum Gasteiger partial charge on any atom is -0.790 e. The van der Waals surface area contributed by atoms with E-state index < -0.39 is 0 Å². The average Bonchev–Trinajstić information content (AvgIpc) is 2.59. The summed E-state index contributed by atoms with van der Waals surface area (Å²) in [7, 11) is 0. The van der Waals surface area contributed by atoms with Gasteiger partial charge in [-0.25, -0.2) is 0 Å². The number of amidine groups is 2. The predicted molar refractivity (Wildman–Crippen MR) is 37.0 cm³/mol. The van der Waals surface area contributed by atoms with Gasteiger partial charge in [0.25, 0.3) is 0 Å². The van der Waals surface area contributed by atoms with E-state index >= 15 is 0 Å². The summed E-state index contributed by atoms with van der Waals surface area (Å²) in [6.07, 6.45) is 0. The van der Waals surface area contributed by atoms with Crippen LogP contribution in [-0.4, -0.2) is 24.8 Å². The zero-order chi connectivity index (χ0) is 8.81. The van der Waals surface area contributed by atoms with E-state index in [9.17, 15) is 10.5 Å². The van der Waals surface area contributed by atoms with Crippen LogP contribution in [0.25, 0.3) is 0 Å². The van der Waals surface area contributed by atoms with Crippen LogP contribution in [0.4, 0.5) is 0 Å². The first-order valence-electron chi connectivity index (χ1n) is 3.07. The molecule has 0 radical (unpaired) electrons. The van der Waals surface area contributed by atoms with Crippen molar-refractivity contribution < 1.29 is 10.2 Å². The largest absolute Gasteiger partial charge is 0.790 e. The van der Waals surface area contributed by atoms with Gasteiger partial charge in [-0.05, 0) is 0 Å². The molecule has 1 rings (SSSR count).